The van der Waals surface area contributed by atoms with E-state index in [1.165, 1.54) is 12.1 Å². The van der Waals surface area contributed by atoms with Crippen LogP contribution in [0.4, 0.5) is 15.8 Å². The summed E-state index contributed by atoms with van der Waals surface area (Å²) in [6, 6.07) is 16.3. The topological polar surface area (TPSA) is 74.2 Å². The Balaban J connectivity index is 1.66. The van der Waals surface area contributed by atoms with Crippen LogP contribution in [-0.2, 0) is 6.54 Å². The highest BCUT2D eigenvalue weighted by molar-refractivity contribution is 6.32. The van der Waals surface area contributed by atoms with Crippen LogP contribution >= 0.6 is 11.6 Å². The molecular formula is C27H23ClFN3O2. The molecule has 1 fully saturated rings. The molecule has 1 aliphatic carbocycles. The quantitative estimate of drug-likeness (QED) is 0.268. The second kappa shape index (κ2) is 9.05. The highest BCUT2D eigenvalue weighted by atomic mass is 35.5. The molecule has 7 heteroatoms. The number of ketones is 1. The van der Waals surface area contributed by atoms with Crippen LogP contribution in [0.15, 0.2) is 60.8 Å². The maximum absolute atomic E-state index is 14.2. The molecule has 0 unspecified atom stereocenters. The van der Waals surface area contributed by atoms with E-state index in [1.54, 1.807) is 6.20 Å². The zero-order valence-corrected chi connectivity index (χ0v) is 19.3. The van der Waals surface area contributed by atoms with E-state index in [1.807, 2.05) is 49.5 Å². The number of nitrogens with zero attached hydrogens (tertiary/aromatic N) is 1. The largest absolute Gasteiger partial charge is 0.504 e. The van der Waals surface area contributed by atoms with Gasteiger partial charge < -0.3 is 15.7 Å². The van der Waals surface area contributed by atoms with Gasteiger partial charge in [-0.05, 0) is 73.0 Å². The molecule has 34 heavy (non-hydrogen) atoms. The second-order valence-electron chi connectivity index (χ2n) is 8.56. The van der Waals surface area contributed by atoms with Crippen LogP contribution in [-0.4, -0.2) is 22.9 Å². The van der Waals surface area contributed by atoms with Gasteiger partial charge in [-0.2, -0.15) is 0 Å². The van der Waals surface area contributed by atoms with Gasteiger partial charge in [0.2, 0.25) is 0 Å². The van der Waals surface area contributed by atoms with Crippen LogP contribution in [0, 0.1) is 11.7 Å². The number of rotatable bonds is 7. The smallest absolute Gasteiger partial charge is 0.170 e. The number of nitrogens with one attached hydrogen (secondary N) is 2. The summed E-state index contributed by atoms with van der Waals surface area (Å²) >= 11 is 6.01. The molecule has 0 aliphatic heterocycles. The lowest BCUT2D eigenvalue weighted by Crippen LogP contribution is -2.08. The summed E-state index contributed by atoms with van der Waals surface area (Å²) in [4.78, 5) is 17.7. The van der Waals surface area contributed by atoms with Gasteiger partial charge in [-0.25, -0.2) is 4.39 Å². The molecule has 1 heterocycles. The number of hydrogen-bond acceptors (Lipinski definition) is 5. The van der Waals surface area contributed by atoms with Crippen molar-refractivity contribution in [2.75, 3.05) is 12.4 Å². The fourth-order valence-electron chi connectivity index (χ4n) is 4.10. The second-order valence-corrected chi connectivity index (χ2v) is 8.97. The number of pyridine rings is 1. The maximum Gasteiger partial charge on any atom is 0.170 e. The van der Waals surface area contributed by atoms with Crippen molar-refractivity contribution < 1.29 is 14.3 Å². The minimum Gasteiger partial charge on any atom is -0.504 e. The van der Waals surface area contributed by atoms with Crippen LogP contribution in [0.1, 0.15) is 28.8 Å². The van der Waals surface area contributed by atoms with Crippen molar-refractivity contribution in [3.8, 4) is 16.9 Å². The number of fused-ring (bicyclic) bond motifs is 1. The molecule has 0 atom stereocenters. The third kappa shape index (κ3) is 4.34. The Labute approximate surface area is 201 Å². The van der Waals surface area contributed by atoms with Crippen molar-refractivity contribution in [2.24, 2.45) is 5.92 Å². The number of carbonyl (C=O) groups is 1. The summed E-state index contributed by atoms with van der Waals surface area (Å²) in [6.07, 6.45) is 3.41. The van der Waals surface area contributed by atoms with Gasteiger partial charge in [0.15, 0.2) is 17.3 Å². The Kier molecular flexibility index (Phi) is 5.94. The summed E-state index contributed by atoms with van der Waals surface area (Å²) in [5.41, 5.74) is 5.10. The van der Waals surface area contributed by atoms with Gasteiger partial charge in [0, 0.05) is 29.7 Å². The molecule has 3 N–H and O–H groups in total. The molecule has 1 aliphatic rings. The van der Waals surface area contributed by atoms with Gasteiger partial charge in [-0.3, -0.25) is 9.78 Å². The lowest BCUT2D eigenvalue weighted by molar-refractivity contribution is 0.0968. The Morgan fingerprint density at radius 1 is 1.15 bits per heavy atom. The lowest BCUT2D eigenvalue weighted by atomic mass is 9.98. The monoisotopic (exact) mass is 475 g/mol. The highest BCUT2D eigenvalue weighted by Gasteiger charge is 2.32. The first kappa shape index (κ1) is 22.3. The maximum atomic E-state index is 14.2. The summed E-state index contributed by atoms with van der Waals surface area (Å²) in [5, 5.41) is 17.0. The number of phenols is 1. The van der Waals surface area contributed by atoms with E-state index < -0.39 is 11.6 Å². The molecule has 0 amide bonds. The Bertz CT molecular complexity index is 1400. The molecule has 1 saturated carbocycles. The predicted octanol–water partition coefficient (Wildman–Crippen LogP) is 6.46. The van der Waals surface area contributed by atoms with Crippen LogP contribution in [0.3, 0.4) is 0 Å². The minimum atomic E-state index is -0.793. The summed E-state index contributed by atoms with van der Waals surface area (Å²) < 4.78 is 14.2. The van der Waals surface area contributed by atoms with Gasteiger partial charge >= 0.3 is 0 Å². The number of hydrogen-bond donors (Lipinski definition) is 3. The minimum absolute atomic E-state index is 0.0311. The molecule has 0 spiro atoms. The molecule has 0 saturated heterocycles. The zero-order valence-electron chi connectivity index (χ0n) is 18.5. The Morgan fingerprint density at radius 3 is 2.71 bits per heavy atom. The third-order valence-electron chi connectivity index (χ3n) is 6.01. The van der Waals surface area contributed by atoms with Gasteiger partial charge in [0.05, 0.1) is 21.8 Å². The average Bonchev–Trinajstić information content (AvgIpc) is 3.68. The molecule has 4 aromatic rings. The van der Waals surface area contributed by atoms with Crippen molar-refractivity contribution in [1.82, 2.24) is 10.3 Å². The number of anilines is 2. The van der Waals surface area contributed by atoms with Crippen LogP contribution < -0.4 is 10.6 Å². The Hall–Kier alpha value is -3.48. The zero-order chi connectivity index (χ0) is 23.8. The summed E-state index contributed by atoms with van der Waals surface area (Å²) in [6.45, 7) is 0.720. The van der Waals surface area contributed by atoms with E-state index in [0.29, 0.717) is 27.9 Å². The number of phenolic OH excluding ortho intramolecular Hbond substituents is 1. The van der Waals surface area contributed by atoms with Gasteiger partial charge in [-0.15, -0.1) is 0 Å². The van der Waals surface area contributed by atoms with E-state index in [4.69, 9.17) is 11.6 Å². The molecule has 0 radical (unpaired) electrons. The van der Waals surface area contributed by atoms with Crippen molar-refractivity contribution in [1.29, 1.82) is 0 Å². The number of carbonyl (C=O) groups excluding carboxylic acids is 1. The molecule has 3 aromatic carbocycles. The molecule has 5 rings (SSSR count). The highest BCUT2D eigenvalue weighted by Crippen LogP contribution is 2.39. The average molecular weight is 476 g/mol. The van der Waals surface area contributed by atoms with Gasteiger partial charge in [-0.1, -0.05) is 29.8 Å². The number of aromatic nitrogens is 1. The van der Waals surface area contributed by atoms with Crippen molar-refractivity contribution >= 4 is 39.7 Å². The van der Waals surface area contributed by atoms with E-state index in [0.717, 1.165) is 36.0 Å². The van der Waals surface area contributed by atoms with E-state index >= 15 is 0 Å². The van der Waals surface area contributed by atoms with Gasteiger partial charge in [0.1, 0.15) is 0 Å². The fraction of sp³-hybridized carbons (Fsp3) is 0.185. The number of halogens is 2. The fourth-order valence-corrected chi connectivity index (χ4v) is 4.31. The number of Topliss-reactive ketones (excluding diaryl/α,β-unsaturated/α-hetero) is 1. The third-order valence-corrected chi connectivity index (χ3v) is 6.30. The van der Waals surface area contributed by atoms with Crippen molar-refractivity contribution in [3.05, 3.63) is 82.8 Å². The van der Waals surface area contributed by atoms with Crippen molar-refractivity contribution in [2.45, 2.75) is 19.4 Å². The van der Waals surface area contributed by atoms with Crippen LogP contribution in [0.25, 0.3) is 22.0 Å². The van der Waals surface area contributed by atoms with E-state index in [2.05, 4.69) is 15.6 Å². The number of aromatic hydroxyl groups is 1. The first-order valence-corrected chi connectivity index (χ1v) is 11.5. The molecule has 5 nitrogen and oxygen atoms in total. The number of benzene rings is 3. The van der Waals surface area contributed by atoms with Crippen LogP contribution in [0.2, 0.25) is 5.02 Å². The summed E-state index contributed by atoms with van der Waals surface area (Å²) in [5.74, 6) is -1.26. The lowest BCUT2D eigenvalue weighted by Gasteiger charge is -2.16. The van der Waals surface area contributed by atoms with E-state index in [-0.39, 0.29) is 16.7 Å². The Morgan fingerprint density at radius 2 is 1.97 bits per heavy atom. The molecule has 1 aromatic heterocycles. The first-order chi connectivity index (χ1) is 16.4. The predicted molar refractivity (Wildman–Crippen MR) is 133 cm³/mol. The summed E-state index contributed by atoms with van der Waals surface area (Å²) in [7, 11) is 1.89. The normalized spacial score (nSPS) is 13.3. The first-order valence-electron chi connectivity index (χ1n) is 11.1. The molecule has 172 valence electrons. The SMILES string of the molecule is CNCc1cccc(Nc2c(C(=O)C3CC3)cnc3ccc(-c4cc(F)c(O)c(Cl)c4)cc23)c1. The van der Waals surface area contributed by atoms with Crippen molar-refractivity contribution in [3.63, 3.8) is 0 Å². The van der Waals surface area contributed by atoms with Gasteiger partial charge in [0.25, 0.3) is 0 Å². The molecule has 0 bridgehead atoms. The van der Waals surface area contributed by atoms with Crippen LogP contribution in [0.5, 0.6) is 5.75 Å². The molecular weight excluding hydrogens is 453 g/mol. The van der Waals surface area contributed by atoms with E-state index in [9.17, 15) is 14.3 Å². The standard InChI is InChI=1S/C27H23ClFN3O2/c1-30-13-15-3-2-4-19(9-15)32-25-20-10-17(18-11-22(28)27(34)23(29)12-18)7-8-24(20)31-14-21(25)26(33)16-5-6-16/h2-4,7-12,14,16,30,34H,5-6,13H2,1H3,(H,31,32).